The molecule has 2 aromatic heterocycles. The fourth-order valence-corrected chi connectivity index (χ4v) is 4.33. The van der Waals surface area contributed by atoms with E-state index in [4.69, 9.17) is 4.42 Å². The molecular weight excluding hydrogens is 408 g/mol. The summed E-state index contributed by atoms with van der Waals surface area (Å²) in [6.07, 6.45) is 1.77. The first-order valence-electron chi connectivity index (χ1n) is 10.8. The summed E-state index contributed by atoms with van der Waals surface area (Å²) in [7, 11) is 0. The SMILES string of the molecule is Cc1nc2c(-c3nncn3-c3c(-c4ccccc4)cccc3-c3ccccc3)cccc2o1. The number of aryl methyl sites for hydroxylation is 1. The van der Waals surface area contributed by atoms with Crippen LogP contribution in [-0.4, -0.2) is 19.7 Å². The van der Waals surface area contributed by atoms with Crippen molar-refractivity contribution in [3.05, 3.63) is 109 Å². The van der Waals surface area contributed by atoms with Gasteiger partial charge >= 0.3 is 0 Å². The molecule has 0 N–H and O–H groups in total. The Morgan fingerprint density at radius 1 is 0.667 bits per heavy atom. The molecule has 0 bridgehead atoms. The first kappa shape index (κ1) is 19.2. The predicted molar refractivity (Wildman–Crippen MR) is 130 cm³/mol. The van der Waals surface area contributed by atoms with Gasteiger partial charge in [0.25, 0.3) is 0 Å². The lowest BCUT2D eigenvalue weighted by Crippen LogP contribution is -2.02. The lowest BCUT2D eigenvalue weighted by atomic mass is 9.95. The molecule has 0 unspecified atom stereocenters. The van der Waals surface area contributed by atoms with Crippen LogP contribution < -0.4 is 0 Å². The smallest absolute Gasteiger partial charge is 0.192 e. The molecular formula is C28H20N4O. The van der Waals surface area contributed by atoms with Gasteiger partial charge in [0.2, 0.25) is 0 Å². The van der Waals surface area contributed by atoms with Gasteiger partial charge in [-0.05, 0) is 23.3 Å². The highest BCUT2D eigenvalue weighted by Gasteiger charge is 2.20. The summed E-state index contributed by atoms with van der Waals surface area (Å²) in [4.78, 5) is 4.62. The van der Waals surface area contributed by atoms with Gasteiger partial charge in [0.1, 0.15) is 11.8 Å². The van der Waals surface area contributed by atoms with Crippen LogP contribution >= 0.6 is 0 Å². The van der Waals surface area contributed by atoms with E-state index >= 15 is 0 Å². The van der Waals surface area contributed by atoms with Crippen LogP contribution in [0, 0.1) is 6.92 Å². The third-order valence-electron chi connectivity index (χ3n) is 5.76. The van der Waals surface area contributed by atoms with Crippen molar-refractivity contribution in [2.45, 2.75) is 6.92 Å². The quantitative estimate of drug-likeness (QED) is 0.313. The maximum atomic E-state index is 5.77. The van der Waals surface area contributed by atoms with E-state index in [-0.39, 0.29) is 0 Å². The Hall–Kier alpha value is -4.51. The van der Waals surface area contributed by atoms with Crippen LogP contribution in [0.4, 0.5) is 0 Å². The first-order chi connectivity index (χ1) is 16.3. The van der Waals surface area contributed by atoms with Crippen molar-refractivity contribution in [2.75, 3.05) is 0 Å². The molecule has 4 aromatic carbocycles. The van der Waals surface area contributed by atoms with Gasteiger partial charge in [0, 0.05) is 23.6 Å². The van der Waals surface area contributed by atoms with E-state index in [0.29, 0.717) is 5.89 Å². The lowest BCUT2D eigenvalue weighted by Gasteiger charge is -2.18. The molecule has 0 spiro atoms. The first-order valence-corrected chi connectivity index (χ1v) is 10.8. The van der Waals surface area contributed by atoms with Crippen LogP contribution in [0.3, 0.4) is 0 Å². The average molecular weight is 428 g/mol. The number of oxazole rings is 1. The van der Waals surface area contributed by atoms with Crippen LogP contribution in [0.15, 0.2) is 108 Å². The second-order valence-corrected chi connectivity index (χ2v) is 7.84. The van der Waals surface area contributed by atoms with Gasteiger partial charge in [-0.1, -0.05) is 84.9 Å². The second-order valence-electron chi connectivity index (χ2n) is 7.84. The molecule has 6 aromatic rings. The van der Waals surface area contributed by atoms with Crippen molar-refractivity contribution in [1.29, 1.82) is 0 Å². The number of benzene rings is 4. The molecule has 0 saturated heterocycles. The van der Waals surface area contributed by atoms with E-state index in [0.717, 1.165) is 50.4 Å². The fourth-order valence-electron chi connectivity index (χ4n) is 4.33. The predicted octanol–water partition coefficient (Wildman–Crippen LogP) is 6.72. The Balaban J connectivity index is 1.66. The largest absolute Gasteiger partial charge is 0.441 e. The minimum atomic E-state index is 0.623. The highest BCUT2D eigenvalue weighted by atomic mass is 16.3. The number of rotatable bonds is 4. The van der Waals surface area contributed by atoms with Gasteiger partial charge < -0.3 is 4.42 Å². The number of para-hydroxylation sites is 2. The Morgan fingerprint density at radius 3 is 1.94 bits per heavy atom. The zero-order valence-corrected chi connectivity index (χ0v) is 18.0. The minimum absolute atomic E-state index is 0.623. The van der Waals surface area contributed by atoms with E-state index in [1.165, 1.54) is 0 Å². The molecule has 158 valence electrons. The Morgan fingerprint density at radius 2 is 1.27 bits per heavy atom. The van der Waals surface area contributed by atoms with Crippen molar-refractivity contribution in [3.8, 4) is 39.3 Å². The van der Waals surface area contributed by atoms with Crippen molar-refractivity contribution in [1.82, 2.24) is 19.7 Å². The van der Waals surface area contributed by atoms with Crippen molar-refractivity contribution < 1.29 is 4.42 Å². The van der Waals surface area contributed by atoms with Gasteiger partial charge in [0.05, 0.1) is 5.69 Å². The molecule has 6 rings (SSSR count). The van der Waals surface area contributed by atoms with E-state index in [9.17, 15) is 0 Å². The third kappa shape index (κ3) is 3.31. The summed E-state index contributed by atoms with van der Waals surface area (Å²) in [6, 6.07) is 33.1. The summed E-state index contributed by atoms with van der Waals surface area (Å²) >= 11 is 0. The molecule has 0 aliphatic carbocycles. The number of hydrogen-bond donors (Lipinski definition) is 0. The van der Waals surface area contributed by atoms with E-state index in [1.807, 2.05) is 37.3 Å². The van der Waals surface area contributed by atoms with Gasteiger partial charge in [-0.25, -0.2) is 4.98 Å². The van der Waals surface area contributed by atoms with E-state index < -0.39 is 0 Å². The molecule has 0 radical (unpaired) electrons. The van der Waals surface area contributed by atoms with Crippen LogP contribution in [0.1, 0.15) is 5.89 Å². The third-order valence-corrected chi connectivity index (χ3v) is 5.76. The Labute approximate surface area is 191 Å². The van der Waals surface area contributed by atoms with Crippen LogP contribution in [0.5, 0.6) is 0 Å². The zero-order valence-electron chi connectivity index (χ0n) is 18.0. The molecule has 0 fully saturated rings. The lowest BCUT2D eigenvalue weighted by molar-refractivity contribution is 0.561. The second kappa shape index (κ2) is 7.88. The maximum Gasteiger partial charge on any atom is 0.192 e. The van der Waals surface area contributed by atoms with Crippen LogP contribution in [0.25, 0.3) is 50.4 Å². The number of hydrogen-bond acceptors (Lipinski definition) is 4. The van der Waals surface area contributed by atoms with Crippen LogP contribution in [0.2, 0.25) is 0 Å². The molecule has 2 heterocycles. The highest BCUT2D eigenvalue weighted by molar-refractivity contribution is 5.91. The Bertz CT molecular complexity index is 1510. The summed E-state index contributed by atoms with van der Waals surface area (Å²) in [5.41, 5.74) is 7.86. The standard InChI is InChI=1S/C28H20N4O/c1-19-30-26-24(16-9-17-25(26)33-19)28-31-29-18-32(28)27-22(20-10-4-2-5-11-20)14-8-15-23(27)21-12-6-3-7-13-21/h2-18H,1H3. The van der Waals surface area contributed by atoms with Crippen molar-refractivity contribution in [3.63, 3.8) is 0 Å². The Kier molecular flexibility index (Phi) is 4.58. The molecule has 0 saturated carbocycles. The van der Waals surface area contributed by atoms with Gasteiger partial charge in [-0.15, -0.1) is 10.2 Å². The summed E-state index contributed by atoms with van der Waals surface area (Å²) < 4.78 is 7.83. The minimum Gasteiger partial charge on any atom is -0.441 e. The molecule has 0 aliphatic rings. The van der Waals surface area contributed by atoms with E-state index in [2.05, 4.69) is 86.5 Å². The molecule has 0 atom stereocenters. The molecule has 0 amide bonds. The molecule has 0 aliphatic heterocycles. The van der Waals surface area contributed by atoms with Gasteiger partial charge in [0.15, 0.2) is 17.3 Å². The zero-order chi connectivity index (χ0) is 22.2. The summed E-state index contributed by atoms with van der Waals surface area (Å²) in [5, 5.41) is 8.84. The van der Waals surface area contributed by atoms with Gasteiger partial charge in [-0.3, -0.25) is 4.57 Å². The monoisotopic (exact) mass is 428 g/mol. The molecule has 33 heavy (non-hydrogen) atoms. The number of nitrogens with zero attached hydrogens (tertiary/aromatic N) is 4. The topological polar surface area (TPSA) is 56.7 Å². The molecule has 5 nitrogen and oxygen atoms in total. The summed E-state index contributed by atoms with van der Waals surface area (Å²) in [5.74, 6) is 1.34. The molecule has 5 heteroatoms. The highest BCUT2D eigenvalue weighted by Crippen LogP contribution is 2.38. The fraction of sp³-hybridized carbons (Fsp3) is 0.0357. The normalized spacial score (nSPS) is 11.2. The average Bonchev–Trinajstić information content (AvgIpc) is 3.50. The summed E-state index contributed by atoms with van der Waals surface area (Å²) in [6.45, 7) is 1.85. The van der Waals surface area contributed by atoms with Crippen molar-refractivity contribution >= 4 is 11.1 Å². The van der Waals surface area contributed by atoms with Gasteiger partial charge in [-0.2, -0.15) is 0 Å². The van der Waals surface area contributed by atoms with E-state index in [1.54, 1.807) is 6.33 Å². The number of fused-ring (bicyclic) bond motifs is 1. The van der Waals surface area contributed by atoms with Crippen LogP contribution in [-0.2, 0) is 0 Å². The maximum absolute atomic E-state index is 5.77. The van der Waals surface area contributed by atoms with Crippen molar-refractivity contribution in [2.24, 2.45) is 0 Å². The number of aromatic nitrogens is 4.